The summed E-state index contributed by atoms with van der Waals surface area (Å²) in [5.74, 6) is 0. The van der Waals surface area contributed by atoms with Gasteiger partial charge in [-0.1, -0.05) is 12.2 Å². The van der Waals surface area contributed by atoms with Crippen molar-refractivity contribution >= 4 is 36.8 Å². The van der Waals surface area contributed by atoms with Gasteiger partial charge in [0.2, 0.25) is 0 Å². The molecule has 0 unspecified atom stereocenters. The summed E-state index contributed by atoms with van der Waals surface area (Å²) in [5.41, 5.74) is 0.480. The van der Waals surface area contributed by atoms with Crippen LogP contribution in [0.4, 0.5) is 0 Å². The second kappa shape index (κ2) is 7.21. The Labute approximate surface area is 121 Å². The molecule has 0 amide bonds. The summed E-state index contributed by atoms with van der Waals surface area (Å²) in [4.78, 5) is 0. The molecule has 0 saturated carbocycles. The molecule has 0 aromatic carbocycles. The zero-order valence-electron chi connectivity index (χ0n) is 12.4. The summed E-state index contributed by atoms with van der Waals surface area (Å²) in [6.45, 7) is 18.4. The zero-order valence-corrected chi connectivity index (χ0v) is 16.1. The lowest BCUT2D eigenvalue weighted by molar-refractivity contribution is 0.390. The average Bonchev–Trinajstić information content (AvgIpc) is 2.14. The summed E-state index contributed by atoms with van der Waals surface area (Å²) in [5, 5.41) is 0. The lowest BCUT2D eigenvalue weighted by atomic mass is 10.8. The molecule has 0 aromatic heterocycles. The zero-order chi connectivity index (χ0) is 14.4. The maximum absolute atomic E-state index is 6.35. The highest BCUT2D eigenvalue weighted by atomic mass is 35.5. The van der Waals surface area contributed by atoms with Crippen molar-refractivity contribution in [1.29, 1.82) is 0 Å². The van der Waals surface area contributed by atoms with E-state index in [1.165, 1.54) is 0 Å². The molecule has 0 saturated heterocycles. The number of hydrogen-bond acceptors (Lipinski definition) is 2. The molecule has 0 fully saturated rings. The van der Waals surface area contributed by atoms with E-state index in [2.05, 4.69) is 45.9 Å². The second-order valence-electron chi connectivity index (χ2n) is 5.98. The van der Waals surface area contributed by atoms with E-state index in [4.69, 9.17) is 19.8 Å². The van der Waals surface area contributed by atoms with Crippen LogP contribution < -0.4 is 0 Å². The SMILES string of the molecule is C=CC[Si](C)(C)O[Si](C)(CCl)O[Si](C)(C)CC=C. The average molecular weight is 323 g/mol. The molecule has 2 nitrogen and oxygen atoms in total. The van der Waals surface area contributed by atoms with Crippen molar-refractivity contribution in [3.05, 3.63) is 25.3 Å². The van der Waals surface area contributed by atoms with Crippen LogP contribution in [0.15, 0.2) is 25.3 Å². The van der Waals surface area contributed by atoms with Gasteiger partial charge in [0.25, 0.3) is 0 Å². The van der Waals surface area contributed by atoms with Crippen LogP contribution in [-0.2, 0) is 8.23 Å². The second-order valence-corrected chi connectivity index (χ2v) is 18.8. The Balaban J connectivity index is 4.80. The van der Waals surface area contributed by atoms with E-state index in [0.29, 0.717) is 5.50 Å². The summed E-state index contributed by atoms with van der Waals surface area (Å²) in [6.07, 6.45) is 3.86. The third-order valence-corrected chi connectivity index (χ3v) is 14.9. The van der Waals surface area contributed by atoms with Gasteiger partial charge in [0.1, 0.15) is 0 Å². The molecule has 0 bridgehead atoms. The minimum absolute atomic E-state index is 0.480. The Morgan fingerprint density at radius 1 is 0.889 bits per heavy atom. The number of rotatable bonds is 9. The molecule has 0 atom stereocenters. The molecular formula is C12H27ClO2Si3. The summed E-state index contributed by atoms with van der Waals surface area (Å²) in [6, 6.07) is 1.86. The Hall–Kier alpha value is 0.341. The smallest absolute Gasteiger partial charge is 0.329 e. The predicted octanol–water partition coefficient (Wildman–Crippen LogP) is 4.65. The van der Waals surface area contributed by atoms with Crippen molar-refractivity contribution in [2.24, 2.45) is 0 Å². The fraction of sp³-hybridized carbons (Fsp3) is 0.667. The van der Waals surface area contributed by atoms with E-state index >= 15 is 0 Å². The summed E-state index contributed by atoms with van der Waals surface area (Å²) in [7, 11) is -5.78. The number of hydrogen-bond donors (Lipinski definition) is 0. The molecule has 0 aliphatic rings. The fourth-order valence-corrected chi connectivity index (χ4v) is 15.4. The number of halogens is 1. The summed E-state index contributed by atoms with van der Waals surface area (Å²) < 4.78 is 12.7. The van der Waals surface area contributed by atoms with Crippen molar-refractivity contribution in [2.75, 3.05) is 5.50 Å². The van der Waals surface area contributed by atoms with Gasteiger partial charge >= 0.3 is 8.56 Å². The molecule has 0 aliphatic heterocycles. The first-order valence-electron chi connectivity index (χ1n) is 6.28. The molecule has 0 aliphatic carbocycles. The monoisotopic (exact) mass is 322 g/mol. The van der Waals surface area contributed by atoms with Crippen molar-refractivity contribution in [3.8, 4) is 0 Å². The van der Waals surface area contributed by atoms with E-state index in [0.717, 1.165) is 12.1 Å². The van der Waals surface area contributed by atoms with Gasteiger partial charge in [-0.2, -0.15) is 0 Å². The highest BCUT2D eigenvalue weighted by Crippen LogP contribution is 2.25. The van der Waals surface area contributed by atoms with Crippen LogP contribution in [-0.4, -0.2) is 30.7 Å². The van der Waals surface area contributed by atoms with Crippen molar-refractivity contribution in [1.82, 2.24) is 0 Å². The van der Waals surface area contributed by atoms with Crippen LogP contribution in [0.25, 0.3) is 0 Å². The molecule has 106 valence electrons. The van der Waals surface area contributed by atoms with Crippen LogP contribution in [0, 0.1) is 0 Å². The Morgan fingerprint density at radius 2 is 1.22 bits per heavy atom. The highest BCUT2D eigenvalue weighted by molar-refractivity contribution is 6.90. The molecule has 0 radical (unpaired) electrons. The third kappa shape index (κ3) is 7.06. The fourth-order valence-electron chi connectivity index (χ4n) is 2.02. The van der Waals surface area contributed by atoms with Crippen LogP contribution in [0.5, 0.6) is 0 Å². The molecule has 18 heavy (non-hydrogen) atoms. The topological polar surface area (TPSA) is 18.5 Å². The Kier molecular flexibility index (Phi) is 7.35. The van der Waals surface area contributed by atoms with Crippen molar-refractivity contribution in [2.45, 2.75) is 44.8 Å². The lowest BCUT2D eigenvalue weighted by Crippen LogP contribution is -2.55. The van der Waals surface area contributed by atoms with Crippen molar-refractivity contribution < 1.29 is 8.23 Å². The largest absolute Gasteiger partial charge is 0.435 e. The van der Waals surface area contributed by atoms with Crippen molar-refractivity contribution in [3.63, 3.8) is 0 Å². The molecule has 0 heterocycles. The first-order chi connectivity index (χ1) is 8.10. The maximum Gasteiger partial charge on any atom is 0.329 e. The van der Waals surface area contributed by atoms with E-state index < -0.39 is 25.2 Å². The highest BCUT2D eigenvalue weighted by Gasteiger charge is 2.41. The lowest BCUT2D eigenvalue weighted by Gasteiger charge is -2.39. The van der Waals surface area contributed by atoms with Gasteiger partial charge in [-0.3, -0.25) is 0 Å². The normalized spacial score (nSPS) is 13.4. The van der Waals surface area contributed by atoms with Gasteiger partial charge in [-0.15, -0.1) is 24.8 Å². The third-order valence-electron chi connectivity index (χ3n) is 2.50. The minimum Gasteiger partial charge on any atom is -0.435 e. The standard InChI is InChI=1S/C12H27ClO2Si3/c1-8-10-16(3,4)14-18(7,12-13)15-17(5,6)11-9-2/h8-9H,1-2,10-12H2,3-7H3. The van der Waals surface area contributed by atoms with E-state index in [1.54, 1.807) is 0 Å². The van der Waals surface area contributed by atoms with Crippen LogP contribution in [0.1, 0.15) is 0 Å². The number of alkyl halides is 1. The summed E-state index contributed by atoms with van der Waals surface area (Å²) >= 11 is 6.13. The predicted molar refractivity (Wildman–Crippen MR) is 89.5 cm³/mol. The molecule has 6 heteroatoms. The first-order valence-corrected chi connectivity index (χ1v) is 15.6. The van der Waals surface area contributed by atoms with Gasteiger partial charge in [0.15, 0.2) is 16.6 Å². The van der Waals surface area contributed by atoms with Gasteiger partial charge in [-0.25, -0.2) is 0 Å². The Morgan fingerprint density at radius 3 is 1.44 bits per heavy atom. The van der Waals surface area contributed by atoms with E-state index in [1.807, 2.05) is 12.2 Å². The van der Waals surface area contributed by atoms with Crippen LogP contribution in [0.2, 0.25) is 44.8 Å². The van der Waals surface area contributed by atoms with Gasteiger partial charge in [0, 0.05) is 0 Å². The maximum atomic E-state index is 6.35. The Bertz CT molecular complexity index is 269. The van der Waals surface area contributed by atoms with Gasteiger partial charge in [-0.05, 0) is 44.8 Å². The number of allylic oxidation sites excluding steroid dienone is 2. The van der Waals surface area contributed by atoms with E-state index in [9.17, 15) is 0 Å². The molecular weight excluding hydrogens is 296 g/mol. The van der Waals surface area contributed by atoms with Crippen LogP contribution >= 0.6 is 11.6 Å². The molecule has 0 rings (SSSR count). The van der Waals surface area contributed by atoms with Gasteiger partial charge < -0.3 is 8.23 Å². The van der Waals surface area contributed by atoms with E-state index in [-0.39, 0.29) is 0 Å². The molecule has 0 aromatic rings. The molecule has 0 N–H and O–H groups in total. The quantitative estimate of drug-likeness (QED) is 0.349. The molecule has 0 spiro atoms. The minimum atomic E-state index is -2.28. The van der Waals surface area contributed by atoms with Gasteiger partial charge in [0.05, 0.1) is 5.50 Å². The van der Waals surface area contributed by atoms with Crippen LogP contribution in [0.3, 0.4) is 0 Å². The first kappa shape index (κ1) is 18.3.